The van der Waals surface area contributed by atoms with Crippen LogP contribution in [0.3, 0.4) is 0 Å². The molecule has 4 aromatic rings. The average Bonchev–Trinajstić information content (AvgIpc) is 3.22. The number of carbonyl (C=O) groups excluding carboxylic acids is 1. The van der Waals surface area contributed by atoms with Crippen LogP contribution in [0.4, 0.5) is 0 Å². The first-order valence-electron chi connectivity index (χ1n) is 10.3. The van der Waals surface area contributed by atoms with Crippen LogP contribution in [0.15, 0.2) is 85.1 Å². The maximum atomic E-state index is 13.1. The van der Waals surface area contributed by atoms with E-state index >= 15 is 0 Å². The van der Waals surface area contributed by atoms with Gasteiger partial charge in [0.25, 0.3) is 5.91 Å². The second kappa shape index (κ2) is 8.87. The van der Waals surface area contributed by atoms with Gasteiger partial charge in [-0.15, -0.1) is 0 Å². The van der Waals surface area contributed by atoms with Crippen LogP contribution in [0.2, 0.25) is 0 Å². The third kappa shape index (κ3) is 4.08. The highest BCUT2D eigenvalue weighted by atomic mass is 16.5. The minimum absolute atomic E-state index is 0.00753. The van der Waals surface area contributed by atoms with Crippen LogP contribution in [0.1, 0.15) is 29.7 Å². The van der Waals surface area contributed by atoms with Crippen molar-refractivity contribution < 1.29 is 9.53 Å². The van der Waals surface area contributed by atoms with Crippen molar-refractivity contribution in [2.45, 2.75) is 19.4 Å². The van der Waals surface area contributed by atoms with Gasteiger partial charge >= 0.3 is 0 Å². The SMILES string of the molecule is CCc1ccc([C@@H](c2c[nH]c3ccccc23)N(C)C(=O)COc2ccccc2)cc1. The summed E-state index contributed by atoms with van der Waals surface area (Å²) in [6, 6.07) is 25.9. The average molecular weight is 399 g/mol. The molecule has 0 saturated carbocycles. The lowest BCUT2D eigenvalue weighted by molar-refractivity contribution is -0.133. The number of carbonyl (C=O) groups is 1. The fourth-order valence-corrected chi connectivity index (χ4v) is 3.78. The molecule has 0 bridgehead atoms. The minimum Gasteiger partial charge on any atom is -0.484 e. The number of nitrogens with zero attached hydrogens (tertiary/aromatic N) is 1. The molecule has 1 atom stereocenters. The Bertz CT molecular complexity index is 1120. The van der Waals surface area contributed by atoms with E-state index < -0.39 is 0 Å². The predicted molar refractivity (Wildman–Crippen MR) is 121 cm³/mol. The number of hydrogen-bond acceptors (Lipinski definition) is 2. The molecule has 1 aromatic heterocycles. The molecular formula is C26H26N2O2. The first-order chi connectivity index (χ1) is 14.7. The van der Waals surface area contributed by atoms with Gasteiger partial charge in [-0.1, -0.05) is 67.6 Å². The van der Waals surface area contributed by atoms with Crippen molar-refractivity contribution in [3.05, 3.63) is 102 Å². The first-order valence-corrected chi connectivity index (χ1v) is 10.3. The summed E-state index contributed by atoms with van der Waals surface area (Å²) < 4.78 is 5.72. The van der Waals surface area contributed by atoms with E-state index in [9.17, 15) is 4.79 Å². The summed E-state index contributed by atoms with van der Waals surface area (Å²) in [5.41, 5.74) is 4.49. The second-order valence-corrected chi connectivity index (χ2v) is 7.39. The number of hydrogen-bond donors (Lipinski definition) is 1. The number of aromatic amines is 1. The molecule has 0 saturated heterocycles. The highest BCUT2D eigenvalue weighted by Crippen LogP contribution is 2.33. The number of aryl methyl sites for hydroxylation is 1. The van der Waals surface area contributed by atoms with Crippen LogP contribution in [0, 0.1) is 0 Å². The molecule has 3 aromatic carbocycles. The molecule has 1 N–H and O–H groups in total. The molecular weight excluding hydrogens is 372 g/mol. The van der Waals surface area contributed by atoms with E-state index in [1.165, 1.54) is 5.56 Å². The van der Waals surface area contributed by atoms with Gasteiger partial charge in [-0.25, -0.2) is 0 Å². The lowest BCUT2D eigenvalue weighted by atomic mass is 9.95. The molecule has 0 spiro atoms. The van der Waals surface area contributed by atoms with E-state index in [-0.39, 0.29) is 18.6 Å². The molecule has 4 nitrogen and oxygen atoms in total. The van der Waals surface area contributed by atoms with E-state index in [0.717, 1.165) is 28.5 Å². The highest BCUT2D eigenvalue weighted by molar-refractivity contribution is 5.85. The molecule has 4 heteroatoms. The van der Waals surface area contributed by atoms with Crippen LogP contribution in [-0.2, 0) is 11.2 Å². The maximum Gasteiger partial charge on any atom is 0.261 e. The highest BCUT2D eigenvalue weighted by Gasteiger charge is 2.26. The van der Waals surface area contributed by atoms with Gasteiger partial charge in [-0.05, 0) is 35.7 Å². The number of nitrogens with one attached hydrogen (secondary N) is 1. The second-order valence-electron chi connectivity index (χ2n) is 7.39. The summed E-state index contributed by atoms with van der Waals surface area (Å²) in [7, 11) is 1.84. The van der Waals surface area contributed by atoms with Gasteiger partial charge in [-0.3, -0.25) is 4.79 Å². The number of amides is 1. The Kier molecular flexibility index (Phi) is 5.84. The smallest absolute Gasteiger partial charge is 0.261 e. The Balaban J connectivity index is 1.66. The van der Waals surface area contributed by atoms with Crippen molar-refractivity contribution >= 4 is 16.8 Å². The molecule has 4 rings (SSSR count). The van der Waals surface area contributed by atoms with Crippen molar-refractivity contribution in [1.82, 2.24) is 9.88 Å². The van der Waals surface area contributed by atoms with E-state index in [1.807, 2.05) is 55.7 Å². The zero-order chi connectivity index (χ0) is 20.9. The fraction of sp³-hybridized carbons (Fsp3) is 0.192. The molecule has 1 amide bonds. The Morgan fingerprint density at radius 2 is 1.67 bits per heavy atom. The summed E-state index contributed by atoms with van der Waals surface area (Å²) in [5, 5.41) is 1.12. The fourth-order valence-electron chi connectivity index (χ4n) is 3.78. The Morgan fingerprint density at radius 1 is 0.967 bits per heavy atom. The Hall–Kier alpha value is -3.53. The van der Waals surface area contributed by atoms with Gasteiger partial charge in [0.2, 0.25) is 0 Å². The summed E-state index contributed by atoms with van der Waals surface area (Å²) in [6.07, 6.45) is 2.99. The van der Waals surface area contributed by atoms with Gasteiger partial charge < -0.3 is 14.6 Å². The molecule has 1 heterocycles. The van der Waals surface area contributed by atoms with Crippen LogP contribution < -0.4 is 4.74 Å². The number of likely N-dealkylation sites (N-methyl/N-ethyl adjacent to an activating group) is 1. The van der Waals surface area contributed by atoms with Crippen LogP contribution in [0.25, 0.3) is 10.9 Å². The Morgan fingerprint density at radius 3 is 2.40 bits per heavy atom. The predicted octanol–water partition coefficient (Wildman–Crippen LogP) is 5.36. The molecule has 0 aliphatic carbocycles. The monoisotopic (exact) mass is 398 g/mol. The lowest BCUT2D eigenvalue weighted by Gasteiger charge is -2.29. The molecule has 0 aliphatic heterocycles. The van der Waals surface area contributed by atoms with Crippen LogP contribution in [-0.4, -0.2) is 29.4 Å². The van der Waals surface area contributed by atoms with E-state index in [4.69, 9.17) is 4.74 Å². The van der Waals surface area contributed by atoms with Crippen molar-refractivity contribution in [3.8, 4) is 5.75 Å². The van der Waals surface area contributed by atoms with Crippen molar-refractivity contribution in [3.63, 3.8) is 0 Å². The third-order valence-electron chi connectivity index (χ3n) is 5.51. The van der Waals surface area contributed by atoms with Crippen molar-refractivity contribution in [2.75, 3.05) is 13.7 Å². The number of para-hydroxylation sites is 2. The van der Waals surface area contributed by atoms with Crippen LogP contribution >= 0.6 is 0 Å². The zero-order valence-corrected chi connectivity index (χ0v) is 17.3. The van der Waals surface area contributed by atoms with Crippen LogP contribution in [0.5, 0.6) is 5.75 Å². The summed E-state index contributed by atoms with van der Waals surface area (Å²) >= 11 is 0. The Labute approximate surface area is 177 Å². The number of aromatic nitrogens is 1. The largest absolute Gasteiger partial charge is 0.484 e. The first kappa shape index (κ1) is 19.8. The third-order valence-corrected chi connectivity index (χ3v) is 5.51. The normalized spacial score (nSPS) is 11.9. The van der Waals surface area contributed by atoms with Gasteiger partial charge in [0.05, 0.1) is 6.04 Å². The van der Waals surface area contributed by atoms with Crippen molar-refractivity contribution in [1.29, 1.82) is 0 Å². The standard InChI is InChI=1S/C26H26N2O2/c1-3-19-13-15-20(16-14-19)26(23-17-27-24-12-8-7-11-22(23)24)28(2)25(29)18-30-21-9-5-4-6-10-21/h4-17,26-27H,3,18H2,1-2H3/t26-/m0/s1. The number of benzene rings is 3. The number of fused-ring (bicyclic) bond motifs is 1. The van der Waals surface area contributed by atoms with Gasteiger partial charge in [-0.2, -0.15) is 0 Å². The van der Waals surface area contributed by atoms with Gasteiger partial charge in [0, 0.05) is 29.7 Å². The van der Waals surface area contributed by atoms with E-state index in [0.29, 0.717) is 5.75 Å². The van der Waals surface area contributed by atoms with E-state index in [1.54, 1.807) is 4.90 Å². The molecule has 0 unspecified atom stereocenters. The van der Waals surface area contributed by atoms with E-state index in [2.05, 4.69) is 48.3 Å². The summed E-state index contributed by atoms with van der Waals surface area (Å²) in [6.45, 7) is 2.13. The summed E-state index contributed by atoms with van der Waals surface area (Å²) in [5.74, 6) is 0.615. The number of ether oxygens (including phenoxy) is 1. The maximum absolute atomic E-state index is 13.1. The zero-order valence-electron chi connectivity index (χ0n) is 17.3. The van der Waals surface area contributed by atoms with Gasteiger partial charge in [0.15, 0.2) is 6.61 Å². The van der Waals surface area contributed by atoms with Crippen molar-refractivity contribution in [2.24, 2.45) is 0 Å². The quantitative estimate of drug-likeness (QED) is 0.456. The molecule has 152 valence electrons. The van der Waals surface area contributed by atoms with Gasteiger partial charge in [0.1, 0.15) is 5.75 Å². The molecule has 0 aliphatic rings. The molecule has 0 fully saturated rings. The molecule has 30 heavy (non-hydrogen) atoms. The number of H-pyrrole nitrogens is 1. The lowest BCUT2D eigenvalue weighted by Crippen LogP contribution is -2.35. The number of rotatable bonds is 7. The topological polar surface area (TPSA) is 45.3 Å². The summed E-state index contributed by atoms with van der Waals surface area (Å²) in [4.78, 5) is 18.2. The minimum atomic E-state index is -0.209. The molecule has 0 radical (unpaired) electrons.